The summed E-state index contributed by atoms with van der Waals surface area (Å²) in [5.74, 6) is -0.251. The van der Waals surface area contributed by atoms with Gasteiger partial charge >= 0.3 is 11.8 Å². The summed E-state index contributed by atoms with van der Waals surface area (Å²) in [4.78, 5) is 25.4. The van der Waals surface area contributed by atoms with Crippen molar-refractivity contribution in [2.75, 3.05) is 49.6 Å². The topological polar surface area (TPSA) is 89.5 Å². The van der Waals surface area contributed by atoms with Gasteiger partial charge in [-0.2, -0.15) is 10.2 Å². The molecule has 0 bridgehead atoms. The highest BCUT2D eigenvalue weighted by Gasteiger charge is 2.19. The van der Waals surface area contributed by atoms with Crippen LogP contribution in [0.2, 0.25) is 0 Å². The summed E-state index contributed by atoms with van der Waals surface area (Å²) >= 11 is 0. The molecule has 0 unspecified atom stereocenters. The van der Waals surface area contributed by atoms with Crippen molar-refractivity contribution >= 4 is 12.0 Å². The van der Waals surface area contributed by atoms with Crippen molar-refractivity contribution in [3.8, 4) is 6.19 Å². The lowest BCUT2D eigenvalue weighted by molar-refractivity contribution is 0.419. The summed E-state index contributed by atoms with van der Waals surface area (Å²) in [6.45, 7) is 5.55. The number of rotatable bonds is 5. The Balaban J connectivity index is 2.15. The monoisotopic (exact) mass is 306 g/mol. The molecule has 1 fully saturated rings. The minimum Gasteiger partial charge on any atom is -0.374 e. The zero-order valence-corrected chi connectivity index (χ0v) is 13.2. The van der Waals surface area contributed by atoms with E-state index in [1.54, 1.807) is 4.90 Å². The number of aromatic nitrogens is 2. The lowest BCUT2D eigenvalue weighted by Gasteiger charge is -2.21. The highest BCUT2D eigenvalue weighted by molar-refractivity contribution is 5.35. The molecule has 0 amide bonds. The van der Waals surface area contributed by atoms with E-state index < -0.39 is 5.76 Å². The molecular formula is C14H22N6O2. The van der Waals surface area contributed by atoms with Crippen LogP contribution in [0.4, 0.5) is 12.0 Å². The number of unbranched alkanes of at least 4 members (excludes halogenated alkanes) is 1. The van der Waals surface area contributed by atoms with E-state index in [-0.39, 0.29) is 0 Å². The zero-order valence-electron chi connectivity index (χ0n) is 13.2. The number of hydrogen-bond donors (Lipinski definition) is 0. The number of anilines is 2. The highest BCUT2D eigenvalue weighted by atomic mass is 16.4. The third-order valence-corrected chi connectivity index (χ3v) is 3.66. The second kappa shape index (κ2) is 7.64. The van der Waals surface area contributed by atoms with Gasteiger partial charge in [-0.1, -0.05) is 13.3 Å². The summed E-state index contributed by atoms with van der Waals surface area (Å²) < 4.78 is 5.10. The Kier molecular flexibility index (Phi) is 5.58. The van der Waals surface area contributed by atoms with Crippen molar-refractivity contribution in [3.05, 3.63) is 10.6 Å². The van der Waals surface area contributed by atoms with E-state index in [2.05, 4.69) is 23.1 Å². The average molecular weight is 306 g/mol. The van der Waals surface area contributed by atoms with E-state index in [9.17, 15) is 4.79 Å². The first-order valence-electron chi connectivity index (χ1n) is 7.64. The molecule has 0 aromatic carbocycles. The highest BCUT2D eigenvalue weighted by Crippen LogP contribution is 2.14. The minimum absolute atomic E-state index is 0.296. The van der Waals surface area contributed by atoms with Gasteiger partial charge in [0.15, 0.2) is 6.19 Å². The summed E-state index contributed by atoms with van der Waals surface area (Å²) in [5, 5.41) is 8.97. The summed E-state index contributed by atoms with van der Waals surface area (Å²) in [5.41, 5.74) is 0. The standard InChI is InChI=1S/C14H22N6O2/c1-3-4-6-18(2)13-16-12(17-14(21)22-13)20-8-5-7-19(11-15)9-10-20/h3-10H2,1-2H3. The van der Waals surface area contributed by atoms with Crippen LogP contribution >= 0.6 is 0 Å². The van der Waals surface area contributed by atoms with Gasteiger partial charge in [-0.25, -0.2) is 4.79 Å². The van der Waals surface area contributed by atoms with Gasteiger partial charge in [-0.3, -0.25) is 0 Å². The molecule has 2 heterocycles. The third-order valence-electron chi connectivity index (χ3n) is 3.66. The Bertz CT molecular complexity index is 581. The summed E-state index contributed by atoms with van der Waals surface area (Å²) in [6.07, 6.45) is 5.05. The van der Waals surface area contributed by atoms with E-state index in [0.717, 1.165) is 38.9 Å². The molecule has 0 saturated carbocycles. The molecule has 1 aromatic rings. The molecule has 0 N–H and O–H groups in total. The van der Waals surface area contributed by atoms with E-state index in [0.29, 0.717) is 25.1 Å². The molecular weight excluding hydrogens is 284 g/mol. The maximum absolute atomic E-state index is 11.7. The molecule has 0 atom stereocenters. The van der Waals surface area contributed by atoms with Gasteiger partial charge in [0.05, 0.1) is 0 Å². The van der Waals surface area contributed by atoms with Gasteiger partial charge in [0.2, 0.25) is 5.95 Å². The fourth-order valence-corrected chi connectivity index (χ4v) is 2.33. The predicted octanol–water partition coefficient (Wildman–Crippen LogP) is 0.659. The van der Waals surface area contributed by atoms with Crippen LogP contribution in [-0.4, -0.2) is 54.6 Å². The normalized spacial score (nSPS) is 15.3. The lowest BCUT2D eigenvalue weighted by atomic mass is 10.3. The van der Waals surface area contributed by atoms with Crippen molar-refractivity contribution in [3.63, 3.8) is 0 Å². The van der Waals surface area contributed by atoms with Gasteiger partial charge in [-0.15, -0.1) is 4.98 Å². The first kappa shape index (κ1) is 16.1. The van der Waals surface area contributed by atoms with E-state index in [1.807, 2.05) is 16.8 Å². The SMILES string of the molecule is CCCCN(C)c1nc(N2CCCN(C#N)CC2)nc(=O)o1. The van der Waals surface area contributed by atoms with Crippen LogP contribution in [-0.2, 0) is 0 Å². The Morgan fingerprint density at radius 2 is 2.14 bits per heavy atom. The number of nitriles is 1. The Labute approximate surface area is 130 Å². The molecule has 8 nitrogen and oxygen atoms in total. The van der Waals surface area contributed by atoms with Crippen LogP contribution in [0, 0.1) is 11.5 Å². The molecule has 120 valence electrons. The van der Waals surface area contributed by atoms with E-state index in [1.165, 1.54) is 0 Å². The van der Waals surface area contributed by atoms with Gasteiger partial charge in [0.1, 0.15) is 0 Å². The maximum Gasteiger partial charge on any atom is 0.444 e. The molecule has 2 rings (SSSR count). The molecule has 22 heavy (non-hydrogen) atoms. The van der Waals surface area contributed by atoms with Crippen molar-refractivity contribution in [1.29, 1.82) is 5.26 Å². The molecule has 0 radical (unpaired) electrons. The Morgan fingerprint density at radius 1 is 1.32 bits per heavy atom. The van der Waals surface area contributed by atoms with Crippen molar-refractivity contribution in [1.82, 2.24) is 14.9 Å². The van der Waals surface area contributed by atoms with Crippen molar-refractivity contribution in [2.45, 2.75) is 26.2 Å². The van der Waals surface area contributed by atoms with Crippen LogP contribution in [0.3, 0.4) is 0 Å². The lowest BCUT2D eigenvalue weighted by Crippen LogP contribution is -2.32. The molecule has 1 aromatic heterocycles. The first-order chi connectivity index (χ1) is 10.6. The largest absolute Gasteiger partial charge is 0.444 e. The van der Waals surface area contributed by atoms with E-state index in [4.69, 9.17) is 9.68 Å². The fraction of sp³-hybridized carbons (Fsp3) is 0.714. The van der Waals surface area contributed by atoms with Crippen LogP contribution in [0.15, 0.2) is 9.21 Å². The molecule has 0 aliphatic carbocycles. The molecule has 0 spiro atoms. The summed E-state index contributed by atoms with van der Waals surface area (Å²) in [7, 11) is 1.85. The Hall–Kier alpha value is -2.30. The molecule has 1 aliphatic rings. The maximum atomic E-state index is 11.7. The van der Waals surface area contributed by atoms with Gasteiger partial charge in [0, 0.05) is 39.8 Å². The van der Waals surface area contributed by atoms with Gasteiger partial charge in [0.25, 0.3) is 0 Å². The Morgan fingerprint density at radius 3 is 2.86 bits per heavy atom. The number of hydrogen-bond acceptors (Lipinski definition) is 8. The average Bonchev–Trinajstić information content (AvgIpc) is 2.77. The second-order valence-corrected chi connectivity index (χ2v) is 5.38. The second-order valence-electron chi connectivity index (χ2n) is 5.38. The predicted molar refractivity (Wildman–Crippen MR) is 82.8 cm³/mol. The van der Waals surface area contributed by atoms with Gasteiger partial charge < -0.3 is 19.1 Å². The third kappa shape index (κ3) is 4.10. The van der Waals surface area contributed by atoms with Crippen molar-refractivity contribution in [2.24, 2.45) is 0 Å². The minimum atomic E-state index is -0.635. The van der Waals surface area contributed by atoms with Crippen LogP contribution in [0.25, 0.3) is 0 Å². The van der Waals surface area contributed by atoms with Gasteiger partial charge in [-0.05, 0) is 12.8 Å². The first-order valence-corrected chi connectivity index (χ1v) is 7.64. The van der Waals surface area contributed by atoms with Crippen molar-refractivity contribution < 1.29 is 4.42 Å². The smallest absolute Gasteiger partial charge is 0.374 e. The number of nitrogens with zero attached hydrogens (tertiary/aromatic N) is 6. The fourth-order valence-electron chi connectivity index (χ4n) is 2.33. The van der Waals surface area contributed by atoms with Crippen LogP contribution in [0.5, 0.6) is 0 Å². The molecule has 1 saturated heterocycles. The molecule has 8 heteroatoms. The van der Waals surface area contributed by atoms with Crippen LogP contribution in [0.1, 0.15) is 26.2 Å². The van der Waals surface area contributed by atoms with Crippen LogP contribution < -0.4 is 15.6 Å². The van der Waals surface area contributed by atoms with E-state index >= 15 is 0 Å². The quantitative estimate of drug-likeness (QED) is 0.733. The zero-order chi connectivity index (χ0) is 15.9. The molecule has 1 aliphatic heterocycles. The summed E-state index contributed by atoms with van der Waals surface area (Å²) in [6, 6.07) is 0.296.